The molecule has 0 aromatic rings. The second kappa shape index (κ2) is 10.6. The summed E-state index contributed by atoms with van der Waals surface area (Å²) in [5.41, 5.74) is -0.541. The predicted molar refractivity (Wildman–Crippen MR) is 102 cm³/mol. The molecule has 2 aliphatic rings. The number of ether oxygens (including phenoxy) is 4. The molecule has 27 heavy (non-hydrogen) atoms. The summed E-state index contributed by atoms with van der Waals surface area (Å²) in [7, 11) is 0. The highest BCUT2D eigenvalue weighted by atomic mass is 16.7. The van der Waals surface area contributed by atoms with E-state index in [4.69, 9.17) is 18.9 Å². The molecule has 0 spiro atoms. The first kappa shape index (κ1) is 22.4. The number of nitrogens with zero attached hydrogens (tertiary/aromatic N) is 1. The molecule has 1 N–H and O–H groups in total. The lowest BCUT2D eigenvalue weighted by atomic mass is 9.95. The predicted octanol–water partition coefficient (Wildman–Crippen LogP) is 3.09. The van der Waals surface area contributed by atoms with Gasteiger partial charge in [-0.2, -0.15) is 0 Å². The number of hydrogen-bond acceptors (Lipinski definition) is 6. The summed E-state index contributed by atoms with van der Waals surface area (Å²) < 4.78 is 23.0. The second-order valence-corrected chi connectivity index (χ2v) is 8.46. The van der Waals surface area contributed by atoms with E-state index in [1.54, 1.807) is 4.90 Å². The molecule has 158 valence electrons. The molecule has 0 bridgehead atoms. The number of aliphatic hydroxyl groups excluding tert-OH is 1. The van der Waals surface area contributed by atoms with Crippen molar-refractivity contribution in [1.82, 2.24) is 4.90 Å². The summed E-state index contributed by atoms with van der Waals surface area (Å²) in [6.45, 7) is 9.40. The lowest BCUT2D eigenvalue weighted by Crippen LogP contribution is -2.55. The maximum absolute atomic E-state index is 12.7. The van der Waals surface area contributed by atoms with Gasteiger partial charge in [0.25, 0.3) is 0 Å². The van der Waals surface area contributed by atoms with Gasteiger partial charge >= 0.3 is 6.09 Å². The number of carbonyl (C=O) groups excluding carboxylic acids is 1. The van der Waals surface area contributed by atoms with Crippen LogP contribution in [-0.2, 0) is 18.9 Å². The van der Waals surface area contributed by atoms with E-state index >= 15 is 0 Å². The number of carbonyl (C=O) groups is 1. The lowest BCUT2D eigenvalue weighted by Gasteiger charge is -2.41. The maximum atomic E-state index is 12.7. The van der Waals surface area contributed by atoms with Crippen molar-refractivity contribution in [2.24, 2.45) is 0 Å². The van der Waals surface area contributed by atoms with Crippen molar-refractivity contribution in [2.45, 2.75) is 96.2 Å². The quantitative estimate of drug-likeness (QED) is 0.534. The standard InChI is InChI=1S/C20H37NO6/c1-5-24-14-26-18-7-6-12-21(19(23)27-20(2,3)4)17(18)13-25-16-10-8-15(22)9-11-16/h15-18,22H,5-14H2,1-4H3. The zero-order chi connectivity index (χ0) is 19.9. The molecular formula is C20H37NO6. The Morgan fingerprint density at radius 2 is 1.81 bits per heavy atom. The van der Waals surface area contributed by atoms with E-state index in [1.165, 1.54) is 0 Å². The van der Waals surface area contributed by atoms with Crippen LogP contribution in [0.2, 0.25) is 0 Å². The van der Waals surface area contributed by atoms with Gasteiger partial charge in [-0.1, -0.05) is 0 Å². The fourth-order valence-electron chi connectivity index (χ4n) is 3.63. The molecule has 1 aliphatic heterocycles. The molecule has 7 heteroatoms. The minimum absolute atomic E-state index is 0.128. The highest BCUT2D eigenvalue weighted by Gasteiger charge is 2.38. The molecule has 2 rings (SSSR count). The van der Waals surface area contributed by atoms with Crippen LogP contribution in [0, 0.1) is 0 Å². The third kappa shape index (κ3) is 7.56. The fraction of sp³-hybridized carbons (Fsp3) is 0.950. The molecule has 0 radical (unpaired) electrons. The number of likely N-dealkylation sites (tertiary alicyclic amines) is 1. The van der Waals surface area contributed by atoms with Crippen LogP contribution >= 0.6 is 0 Å². The first-order valence-corrected chi connectivity index (χ1v) is 10.3. The van der Waals surface area contributed by atoms with E-state index in [0.717, 1.165) is 38.5 Å². The number of rotatable bonds is 7. The average Bonchev–Trinajstić information content (AvgIpc) is 2.60. The Hall–Kier alpha value is -0.890. The van der Waals surface area contributed by atoms with Gasteiger partial charge in [-0.3, -0.25) is 0 Å². The molecule has 1 aliphatic carbocycles. The van der Waals surface area contributed by atoms with E-state index < -0.39 is 5.60 Å². The van der Waals surface area contributed by atoms with Crippen LogP contribution in [-0.4, -0.2) is 72.6 Å². The van der Waals surface area contributed by atoms with Gasteiger partial charge in [0, 0.05) is 13.2 Å². The zero-order valence-corrected chi connectivity index (χ0v) is 17.3. The van der Waals surface area contributed by atoms with Gasteiger partial charge in [0.1, 0.15) is 12.4 Å². The van der Waals surface area contributed by atoms with E-state index in [1.807, 2.05) is 27.7 Å². The van der Waals surface area contributed by atoms with E-state index in [9.17, 15) is 9.90 Å². The van der Waals surface area contributed by atoms with E-state index in [2.05, 4.69) is 0 Å². The van der Waals surface area contributed by atoms with Crippen LogP contribution in [0.3, 0.4) is 0 Å². The minimum atomic E-state index is -0.541. The van der Waals surface area contributed by atoms with E-state index in [0.29, 0.717) is 19.8 Å². The van der Waals surface area contributed by atoms with Gasteiger partial charge in [0.15, 0.2) is 0 Å². The first-order valence-electron chi connectivity index (χ1n) is 10.3. The summed E-state index contributed by atoms with van der Waals surface area (Å²) in [6.07, 6.45) is 4.45. The molecule has 2 unspecified atom stereocenters. The Labute approximate surface area is 163 Å². The third-order valence-electron chi connectivity index (χ3n) is 5.06. The molecule has 0 aromatic heterocycles. The number of piperidine rings is 1. The maximum Gasteiger partial charge on any atom is 0.410 e. The van der Waals surface area contributed by atoms with E-state index in [-0.39, 0.29) is 37.2 Å². The molecule has 2 fully saturated rings. The van der Waals surface area contributed by atoms with Crippen LogP contribution in [0.5, 0.6) is 0 Å². The van der Waals surface area contributed by atoms with Gasteiger partial charge in [0.05, 0.1) is 31.0 Å². The molecule has 1 amide bonds. The van der Waals surface area contributed by atoms with Gasteiger partial charge in [0.2, 0.25) is 0 Å². The average molecular weight is 388 g/mol. The van der Waals surface area contributed by atoms with Crippen molar-refractivity contribution in [3.63, 3.8) is 0 Å². The fourth-order valence-corrected chi connectivity index (χ4v) is 3.63. The summed E-state index contributed by atoms with van der Waals surface area (Å²) in [4.78, 5) is 14.5. The van der Waals surface area contributed by atoms with Gasteiger partial charge < -0.3 is 29.0 Å². The SMILES string of the molecule is CCOCOC1CCCN(C(=O)OC(C)(C)C)C1COC1CCC(O)CC1. The summed E-state index contributed by atoms with van der Waals surface area (Å²) in [5.74, 6) is 0. The zero-order valence-electron chi connectivity index (χ0n) is 17.3. The molecule has 1 saturated heterocycles. The number of hydrogen-bond donors (Lipinski definition) is 1. The Morgan fingerprint density at radius 3 is 2.44 bits per heavy atom. The van der Waals surface area contributed by atoms with Crippen LogP contribution in [0.4, 0.5) is 4.79 Å². The van der Waals surface area contributed by atoms with Gasteiger partial charge in [-0.25, -0.2) is 4.79 Å². The third-order valence-corrected chi connectivity index (χ3v) is 5.06. The topological polar surface area (TPSA) is 77.5 Å². The van der Waals surface area contributed by atoms with Crippen molar-refractivity contribution >= 4 is 6.09 Å². The van der Waals surface area contributed by atoms with Crippen molar-refractivity contribution in [2.75, 3.05) is 26.6 Å². The van der Waals surface area contributed by atoms with Crippen molar-refractivity contribution in [1.29, 1.82) is 0 Å². The Morgan fingerprint density at radius 1 is 1.11 bits per heavy atom. The first-order chi connectivity index (χ1) is 12.8. The highest BCUT2D eigenvalue weighted by Crippen LogP contribution is 2.26. The monoisotopic (exact) mass is 387 g/mol. The van der Waals surface area contributed by atoms with Crippen LogP contribution in [0.1, 0.15) is 66.2 Å². The molecule has 1 saturated carbocycles. The minimum Gasteiger partial charge on any atom is -0.444 e. The highest BCUT2D eigenvalue weighted by molar-refractivity contribution is 5.68. The Bertz CT molecular complexity index is 444. The second-order valence-electron chi connectivity index (χ2n) is 8.46. The smallest absolute Gasteiger partial charge is 0.410 e. The Balaban J connectivity index is 1.99. The van der Waals surface area contributed by atoms with Crippen LogP contribution in [0.25, 0.3) is 0 Å². The lowest BCUT2D eigenvalue weighted by molar-refractivity contribution is -0.139. The van der Waals surface area contributed by atoms with Crippen LogP contribution < -0.4 is 0 Å². The molecular weight excluding hydrogens is 350 g/mol. The molecule has 1 heterocycles. The Kier molecular flexibility index (Phi) is 8.79. The van der Waals surface area contributed by atoms with Crippen molar-refractivity contribution in [3.8, 4) is 0 Å². The normalized spacial score (nSPS) is 29.6. The van der Waals surface area contributed by atoms with Crippen molar-refractivity contribution in [3.05, 3.63) is 0 Å². The summed E-state index contributed by atoms with van der Waals surface area (Å²) in [6, 6.07) is -0.194. The summed E-state index contributed by atoms with van der Waals surface area (Å²) >= 11 is 0. The van der Waals surface area contributed by atoms with Gasteiger partial charge in [-0.15, -0.1) is 0 Å². The molecule has 0 aromatic carbocycles. The number of aliphatic hydroxyl groups is 1. The molecule has 2 atom stereocenters. The molecule has 7 nitrogen and oxygen atoms in total. The van der Waals surface area contributed by atoms with Gasteiger partial charge in [-0.05, 0) is 66.2 Å². The largest absolute Gasteiger partial charge is 0.444 e. The number of amides is 1. The summed E-state index contributed by atoms with van der Waals surface area (Å²) in [5, 5.41) is 9.67. The van der Waals surface area contributed by atoms with Crippen LogP contribution in [0.15, 0.2) is 0 Å². The van der Waals surface area contributed by atoms with Crippen molar-refractivity contribution < 1.29 is 28.8 Å².